The lowest BCUT2D eigenvalue weighted by atomic mass is 9.98. The van der Waals surface area contributed by atoms with Crippen molar-refractivity contribution < 1.29 is 13.5 Å². The Kier molecular flexibility index (Phi) is 3.09. The van der Waals surface area contributed by atoms with Crippen LogP contribution in [0.5, 0.6) is 5.75 Å². The summed E-state index contributed by atoms with van der Waals surface area (Å²) in [5, 5.41) is 3.33. The number of alkyl halides is 2. The molecule has 1 aromatic heterocycles. The van der Waals surface area contributed by atoms with Gasteiger partial charge in [0.05, 0.1) is 23.1 Å². The molecule has 2 bridgehead atoms. The highest BCUT2D eigenvalue weighted by atomic mass is 32.1. The molecule has 7 heteroatoms. The summed E-state index contributed by atoms with van der Waals surface area (Å²) in [6.07, 6.45) is 0.698. The number of rotatable bonds is 2. The summed E-state index contributed by atoms with van der Waals surface area (Å²) in [6.45, 7) is -2.88. The molecule has 25 heavy (non-hydrogen) atoms. The van der Waals surface area contributed by atoms with E-state index in [1.807, 2.05) is 30.3 Å². The first-order chi connectivity index (χ1) is 12.1. The normalized spacial score (nSPS) is 21.0. The molecule has 0 saturated carbocycles. The van der Waals surface area contributed by atoms with E-state index in [0.717, 1.165) is 22.4 Å². The van der Waals surface area contributed by atoms with Crippen molar-refractivity contribution >= 4 is 28.2 Å². The first kappa shape index (κ1) is 14.8. The summed E-state index contributed by atoms with van der Waals surface area (Å²) >= 11 is 5.50. The Balaban J connectivity index is 1.79. The molecule has 2 aromatic carbocycles. The zero-order valence-corrected chi connectivity index (χ0v) is 13.8. The number of nitrogens with one attached hydrogen (secondary N) is 1. The van der Waals surface area contributed by atoms with Crippen LogP contribution < -0.4 is 10.1 Å². The van der Waals surface area contributed by atoms with Crippen molar-refractivity contribution in [3.63, 3.8) is 0 Å². The quantitative estimate of drug-likeness (QED) is 0.705. The van der Waals surface area contributed by atoms with Gasteiger partial charge in [-0.25, -0.2) is 4.98 Å². The molecule has 2 unspecified atom stereocenters. The lowest BCUT2D eigenvalue weighted by Crippen LogP contribution is -2.27. The van der Waals surface area contributed by atoms with Gasteiger partial charge in [0.25, 0.3) is 0 Å². The molecule has 3 heterocycles. The van der Waals surface area contributed by atoms with E-state index in [0.29, 0.717) is 17.0 Å². The molecule has 2 aliphatic rings. The predicted octanol–water partition coefficient (Wildman–Crippen LogP) is 3.95. The average molecular weight is 357 g/mol. The highest BCUT2D eigenvalue weighted by Gasteiger charge is 2.41. The van der Waals surface area contributed by atoms with E-state index in [-0.39, 0.29) is 17.8 Å². The fourth-order valence-electron chi connectivity index (χ4n) is 3.96. The summed E-state index contributed by atoms with van der Waals surface area (Å²) < 4.78 is 32.8. The van der Waals surface area contributed by atoms with Crippen LogP contribution in [0.15, 0.2) is 42.5 Å². The third-order valence-electron chi connectivity index (χ3n) is 4.87. The van der Waals surface area contributed by atoms with Gasteiger partial charge in [0, 0.05) is 11.1 Å². The summed E-state index contributed by atoms with van der Waals surface area (Å²) in [7, 11) is 0. The Bertz CT molecular complexity index is 1020. The molecule has 0 amide bonds. The molecular weight excluding hydrogens is 344 g/mol. The number of imidazole rings is 1. The monoisotopic (exact) mass is 357 g/mol. The summed E-state index contributed by atoms with van der Waals surface area (Å²) in [4.78, 5) is 5.27. The lowest BCUT2D eigenvalue weighted by molar-refractivity contribution is -0.0506. The van der Waals surface area contributed by atoms with E-state index in [1.54, 1.807) is 12.1 Å². The maximum absolute atomic E-state index is 12.9. The number of hydrogen-bond acceptors (Lipinski definition) is 3. The number of para-hydroxylation sites is 2. The molecule has 2 aliphatic heterocycles. The van der Waals surface area contributed by atoms with Crippen LogP contribution in [-0.4, -0.2) is 21.2 Å². The molecule has 5 rings (SSSR count). The number of nitrogens with zero attached hydrogens (tertiary/aromatic N) is 2. The van der Waals surface area contributed by atoms with Crippen molar-refractivity contribution in [3.8, 4) is 5.75 Å². The average Bonchev–Trinajstić information content (AvgIpc) is 3.07. The largest absolute Gasteiger partial charge is 0.434 e. The summed E-state index contributed by atoms with van der Waals surface area (Å²) in [5.41, 5.74) is 3.31. The van der Waals surface area contributed by atoms with E-state index >= 15 is 0 Å². The summed E-state index contributed by atoms with van der Waals surface area (Å²) in [6, 6.07) is 12.8. The lowest BCUT2D eigenvalue weighted by Gasteiger charge is -2.22. The molecule has 0 spiro atoms. The number of fused-ring (bicyclic) bond motifs is 9. The number of halogens is 2. The van der Waals surface area contributed by atoms with Gasteiger partial charge in [-0.15, -0.1) is 0 Å². The van der Waals surface area contributed by atoms with Crippen molar-refractivity contribution in [3.05, 3.63) is 59.4 Å². The molecular formula is C18H13F2N3OS. The Labute approximate surface area is 147 Å². The van der Waals surface area contributed by atoms with E-state index in [2.05, 4.69) is 9.88 Å². The Morgan fingerprint density at radius 1 is 1.20 bits per heavy atom. The SMILES string of the molecule is FC(F)Oc1cccc2c1C1CC(NC2=S)c2nc3ccccc3n21. The molecule has 0 aliphatic carbocycles. The second-order valence-electron chi connectivity index (χ2n) is 6.20. The van der Waals surface area contributed by atoms with E-state index in [1.165, 1.54) is 0 Å². The first-order valence-electron chi connectivity index (χ1n) is 7.99. The van der Waals surface area contributed by atoms with Crippen molar-refractivity contribution in [1.29, 1.82) is 0 Å². The van der Waals surface area contributed by atoms with Crippen molar-refractivity contribution in [2.24, 2.45) is 0 Å². The number of ether oxygens (including phenoxy) is 1. The minimum atomic E-state index is -2.88. The number of thiocarbonyl (C=S) groups is 1. The van der Waals surface area contributed by atoms with Crippen LogP contribution in [-0.2, 0) is 0 Å². The van der Waals surface area contributed by atoms with Gasteiger partial charge in [-0.3, -0.25) is 0 Å². The number of benzene rings is 2. The van der Waals surface area contributed by atoms with Crippen LogP contribution >= 0.6 is 12.2 Å². The van der Waals surface area contributed by atoms with Crippen molar-refractivity contribution in [1.82, 2.24) is 14.9 Å². The van der Waals surface area contributed by atoms with E-state index in [9.17, 15) is 8.78 Å². The highest BCUT2D eigenvalue weighted by molar-refractivity contribution is 7.80. The maximum atomic E-state index is 12.9. The standard InChI is InChI=1S/C18H13F2N3OS/c19-18(20)24-14-7-3-4-9-15(14)13-8-11(22-17(9)25)16-21-10-5-1-2-6-12(10)23(13)16/h1-7,11,13,18H,8H2,(H,22,25). The minimum absolute atomic E-state index is 0.0447. The van der Waals surface area contributed by atoms with Crippen LogP contribution in [0, 0.1) is 0 Å². The second kappa shape index (κ2) is 5.23. The second-order valence-corrected chi connectivity index (χ2v) is 6.61. The minimum Gasteiger partial charge on any atom is -0.434 e. The van der Waals surface area contributed by atoms with Crippen molar-refractivity contribution in [2.45, 2.75) is 25.1 Å². The number of hydrogen-bond donors (Lipinski definition) is 1. The third kappa shape index (κ3) is 2.08. The van der Waals surface area contributed by atoms with Gasteiger partial charge in [0.15, 0.2) is 0 Å². The first-order valence-corrected chi connectivity index (χ1v) is 8.40. The highest BCUT2D eigenvalue weighted by Crippen LogP contribution is 2.47. The molecule has 4 nitrogen and oxygen atoms in total. The summed E-state index contributed by atoms with van der Waals surface area (Å²) in [5.74, 6) is 1.05. The fraction of sp³-hybridized carbons (Fsp3) is 0.222. The van der Waals surface area contributed by atoms with E-state index < -0.39 is 6.61 Å². The zero-order valence-electron chi connectivity index (χ0n) is 12.9. The maximum Gasteiger partial charge on any atom is 0.387 e. The molecule has 126 valence electrons. The van der Waals surface area contributed by atoms with Gasteiger partial charge in [-0.1, -0.05) is 36.5 Å². The van der Waals surface area contributed by atoms with Gasteiger partial charge in [0.2, 0.25) is 0 Å². The van der Waals surface area contributed by atoms with Gasteiger partial charge in [0.1, 0.15) is 16.6 Å². The molecule has 0 fully saturated rings. The molecule has 3 aromatic rings. The molecule has 0 saturated heterocycles. The van der Waals surface area contributed by atoms with Crippen LogP contribution in [0.1, 0.15) is 35.5 Å². The fourth-order valence-corrected chi connectivity index (χ4v) is 4.28. The Morgan fingerprint density at radius 2 is 2.04 bits per heavy atom. The number of aromatic nitrogens is 2. The topological polar surface area (TPSA) is 39.1 Å². The van der Waals surface area contributed by atoms with E-state index in [4.69, 9.17) is 21.9 Å². The molecule has 2 atom stereocenters. The molecule has 1 N–H and O–H groups in total. The zero-order chi connectivity index (χ0) is 17.1. The smallest absolute Gasteiger partial charge is 0.387 e. The molecule has 0 radical (unpaired) electrons. The van der Waals surface area contributed by atoms with Crippen LogP contribution in [0.4, 0.5) is 8.78 Å². The van der Waals surface area contributed by atoms with Gasteiger partial charge in [-0.2, -0.15) is 8.78 Å². The van der Waals surface area contributed by atoms with Crippen LogP contribution in [0.2, 0.25) is 0 Å². The Morgan fingerprint density at radius 3 is 2.88 bits per heavy atom. The van der Waals surface area contributed by atoms with Crippen molar-refractivity contribution in [2.75, 3.05) is 0 Å². The van der Waals surface area contributed by atoms with Crippen LogP contribution in [0.3, 0.4) is 0 Å². The van der Waals surface area contributed by atoms with Gasteiger partial charge < -0.3 is 14.6 Å². The third-order valence-corrected chi connectivity index (χ3v) is 5.21. The predicted molar refractivity (Wildman–Crippen MR) is 93.1 cm³/mol. The van der Waals surface area contributed by atoms with Gasteiger partial charge in [-0.05, 0) is 24.6 Å². The van der Waals surface area contributed by atoms with Gasteiger partial charge >= 0.3 is 6.61 Å². The Hall–Kier alpha value is -2.54. The van der Waals surface area contributed by atoms with Crippen LogP contribution in [0.25, 0.3) is 11.0 Å².